The number of unbranched alkanes of at least 4 members (excludes halogenated alkanes) is 37. The molecule has 0 saturated heterocycles. The van der Waals surface area contributed by atoms with E-state index in [0.29, 0.717) is 17.4 Å². The van der Waals surface area contributed by atoms with Crippen molar-refractivity contribution in [1.82, 2.24) is 5.32 Å². The molecule has 3 unspecified atom stereocenters. The van der Waals surface area contributed by atoms with Crippen molar-refractivity contribution >= 4 is 19.7 Å². The first-order valence-corrected chi connectivity index (χ1v) is 35.1. The van der Waals surface area contributed by atoms with Crippen molar-refractivity contribution in [2.24, 2.45) is 0 Å². The van der Waals surface area contributed by atoms with Gasteiger partial charge in [0.1, 0.15) is 19.3 Å². The van der Waals surface area contributed by atoms with Gasteiger partial charge in [-0.15, -0.1) is 0 Å². The van der Waals surface area contributed by atoms with Crippen LogP contribution in [0.2, 0.25) is 0 Å². The summed E-state index contributed by atoms with van der Waals surface area (Å²) in [6.07, 6.45) is 75.1. The molecule has 0 saturated carbocycles. The van der Waals surface area contributed by atoms with Crippen LogP contribution < -0.4 is 5.32 Å². The van der Waals surface area contributed by atoms with Crippen LogP contribution in [-0.2, 0) is 27.9 Å². The SMILES string of the molecule is CCCCC/C=C\C/C=C\CCCCCCCCCCCCCCCCCC(=O)NC(COP(=O)(O)OCC[N+](C)(C)C)C(/C=C\CCCCCCCCCCC)OC(=O)CCCCCCCCC/C=C\C/C=C\CCCCC. The Hall–Kier alpha value is -2.29. The summed E-state index contributed by atoms with van der Waals surface area (Å²) in [6.45, 7) is 6.98. The number of rotatable bonds is 61. The molecule has 0 radical (unpaired) electrons. The number of phosphoric acid groups is 1. The molecular weight excluding hydrogens is 1000 g/mol. The van der Waals surface area contributed by atoms with Gasteiger partial charge in [0.05, 0.1) is 33.8 Å². The predicted molar refractivity (Wildman–Crippen MR) is 342 cm³/mol. The van der Waals surface area contributed by atoms with E-state index in [4.69, 9.17) is 13.8 Å². The van der Waals surface area contributed by atoms with Crippen LogP contribution in [0, 0.1) is 0 Å². The molecule has 0 aliphatic heterocycles. The van der Waals surface area contributed by atoms with Crippen molar-refractivity contribution in [3.05, 3.63) is 60.8 Å². The molecule has 0 heterocycles. The first kappa shape index (κ1) is 76.7. The molecule has 462 valence electrons. The fraction of sp³-hybridized carbons (Fsp3) is 0.826. The molecular formula is C69H130N2O7P+. The van der Waals surface area contributed by atoms with Crippen molar-refractivity contribution in [2.45, 2.75) is 328 Å². The first-order valence-electron chi connectivity index (χ1n) is 33.6. The molecule has 0 fully saturated rings. The molecule has 0 aliphatic carbocycles. The van der Waals surface area contributed by atoms with E-state index in [-0.39, 0.29) is 31.5 Å². The van der Waals surface area contributed by atoms with Gasteiger partial charge in [0, 0.05) is 12.8 Å². The van der Waals surface area contributed by atoms with E-state index < -0.39 is 20.0 Å². The quantitative estimate of drug-likeness (QED) is 0.0205. The number of allylic oxidation sites excluding steroid dienone is 9. The highest BCUT2D eigenvalue weighted by molar-refractivity contribution is 7.47. The fourth-order valence-corrected chi connectivity index (χ4v) is 10.4. The third-order valence-electron chi connectivity index (χ3n) is 14.9. The van der Waals surface area contributed by atoms with Gasteiger partial charge in [-0.25, -0.2) is 4.57 Å². The van der Waals surface area contributed by atoms with Crippen molar-refractivity contribution in [3.8, 4) is 0 Å². The minimum absolute atomic E-state index is 0.0388. The molecule has 1 amide bonds. The number of amides is 1. The highest BCUT2D eigenvalue weighted by atomic mass is 31.2. The molecule has 0 aliphatic rings. The zero-order valence-electron chi connectivity index (χ0n) is 52.9. The van der Waals surface area contributed by atoms with Gasteiger partial charge in [0.25, 0.3) is 0 Å². The molecule has 2 N–H and O–H groups in total. The summed E-state index contributed by atoms with van der Waals surface area (Å²) in [5, 5.41) is 3.06. The summed E-state index contributed by atoms with van der Waals surface area (Å²) in [5.74, 6) is -0.505. The summed E-state index contributed by atoms with van der Waals surface area (Å²) in [5.41, 5.74) is 0. The molecule has 0 aromatic carbocycles. The molecule has 0 aromatic heterocycles. The number of hydrogen-bond acceptors (Lipinski definition) is 6. The molecule has 0 rings (SSSR count). The summed E-state index contributed by atoms with van der Waals surface area (Å²) < 4.78 is 30.7. The summed E-state index contributed by atoms with van der Waals surface area (Å²) in [7, 11) is 1.50. The van der Waals surface area contributed by atoms with Crippen LogP contribution in [0.15, 0.2) is 60.8 Å². The number of esters is 1. The lowest BCUT2D eigenvalue weighted by Crippen LogP contribution is -2.47. The average Bonchev–Trinajstić information content (AvgIpc) is 3.41. The van der Waals surface area contributed by atoms with E-state index in [0.717, 1.165) is 83.5 Å². The molecule has 3 atom stereocenters. The maximum atomic E-state index is 13.6. The minimum atomic E-state index is -4.45. The van der Waals surface area contributed by atoms with Crippen LogP contribution >= 0.6 is 7.82 Å². The van der Waals surface area contributed by atoms with E-state index in [1.165, 1.54) is 199 Å². The maximum Gasteiger partial charge on any atom is 0.472 e. The molecule has 0 bridgehead atoms. The van der Waals surface area contributed by atoms with Gasteiger partial charge < -0.3 is 19.4 Å². The number of hydrogen-bond donors (Lipinski definition) is 2. The lowest BCUT2D eigenvalue weighted by atomic mass is 10.0. The number of nitrogens with zero attached hydrogens (tertiary/aromatic N) is 1. The lowest BCUT2D eigenvalue weighted by Gasteiger charge is -2.27. The number of ether oxygens (including phenoxy) is 1. The van der Waals surface area contributed by atoms with Gasteiger partial charge in [-0.2, -0.15) is 0 Å². The normalized spacial score (nSPS) is 14.0. The number of quaternary nitrogens is 1. The molecule has 0 spiro atoms. The zero-order valence-corrected chi connectivity index (χ0v) is 53.8. The Balaban J connectivity index is 5.05. The average molecular weight is 1130 g/mol. The second kappa shape index (κ2) is 58.9. The van der Waals surface area contributed by atoms with Crippen LogP contribution in [0.5, 0.6) is 0 Å². The maximum absolute atomic E-state index is 13.6. The Labute approximate surface area is 490 Å². The summed E-state index contributed by atoms with van der Waals surface area (Å²) >= 11 is 0. The predicted octanol–water partition coefficient (Wildman–Crippen LogP) is 21.0. The first-order chi connectivity index (χ1) is 38.4. The molecule has 79 heavy (non-hydrogen) atoms. The van der Waals surface area contributed by atoms with Crippen molar-refractivity contribution in [1.29, 1.82) is 0 Å². The smallest absolute Gasteiger partial charge is 0.456 e. The van der Waals surface area contributed by atoms with Gasteiger partial charge in [0.15, 0.2) is 0 Å². The minimum Gasteiger partial charge on any atom is -0.456 e. The van der Waals surface area contributed by atoms with Crippen molar-refractivity contribution < 1.29 is 37.3 Å². The Kier molecular flexibility index (Phi) is 57.2. The van der Waals surface area contributed by atoms with Gasteiger partial charge in [-0.1, -0.05) is 268 Å². The summed E-state index contributed by atoms with van der Waals surface area (Å²) in [4.78, 5) is 37.8. The Morgan fingerprint density at radius 2 is 0.772 bits per heavy atom. The van der Waals surface area contributed by atoms with Crippen molar-refractivity contribution in [3.63, 3.8) is 0 Å². The fourth-order valence-electron chi connectivity index (χ4n) is 9.71. The van der Waals surface area contributed by atoms with Gasteiger partial charge in [0.2, 0.25) is 5.91 Å². The van der Waals surface area contributed by atoms with Gasteiger partial charge >= 0.3 is 13.8 Å². The lowest BCUT2D eigenvalue weighted by molar-refractivity contribution is -0.870. The number of nitrogens with one attached hydrogen (secondary N) is 1. The number of phosphoric ester groups is 1. The Morgan fingerprint density at radius 3 is 1.16 bits per heavy atom. The van der Waals surface area contributed by atoms with Gasteiger partial charge in [-0.05, 0) is 96.0 Å². The molecule has 0 aromatic rings. The van der Waals surface area contributed by atoms with Crippen molar-refractivity contribution in [2.75, 3.05) is 40.9 Å². The van der Waals surface area contributed by atoms with E-state index in [1.807, 2.05) is 33.3 Å². The van der Waals surface area contributed by atoms with Crippen LogP contribution in [0.25, 0.3) is 0 Å². The number of likely N-dealkylation sites (N-methyl/N-ethyl adjacent to an activating group) is 1. The van der Waals surface area contributed by atoms with Crippen LogP contribution in [-0.4, -0.2) is 74.3 Å². The highest BCUT2D eigenvalue weighted by Crippen LogP contribution is 2.43. The van der Waals surface area contributed by atoms with Crippen LogP contribution in [0.1, 0.15) is 316 Å². The van der Waals surface area contributed by atoms with E-state index in [1.54, 1.807) is 0 Å². The largest absolute Gasteiger partial charge is 0.472 e. The highest BCUT2D eigenvalue weighted by Gasteiger charge is 2.30. The standard InChI is InChI=1S/C69H129N2O7P/c1-7-10-13-16-19-22-25-27-29-31-32-33-34-35-36-37-38-40-41-43-46-49-52-55-58-61-68(72)70-66(65-77-79(74,75)76-64-63-71(4,5)6)67(60-57-54-51-48-45-24-21-18-15-12-9-3)78-69(73)62-59-56-53-50-47-44-42-39-30-28-26-23-20-17-14-11-8-2/h19-20,22-23,27-30,57,60,66-67H,7-18,21,24-26,31-56,58-59,61-65H2,1-6H3,(H-,70,72,74,75)/p+1/b22-19-,23-20-,29-27-,30-28-,60-57-. The third-order valence-corrected chi connectivity index (χ3v) is 15.9. The van der Waals surface area contributed by atoms with Crippen LogP contribution in [0.4, 0.5) is 0 Å². The van der Waals surface area contributed by atoms with E-state index in [9.17, 15) is 19.0 Å². The second-order valence-electron chi connectivity index (χ2n) is 24.0. The van der Waals surface area contributed by atoms with Crippen LogP contribution in [0.3, 0.4) is 0 Å². The number of carbonyl (C=O) groups is 2. The van der Waals surface area contributed by atoms with E-state index in [2.05, 4.69) is 74.7 Å². The third kappa shape index (κ3) is 60.1. The number of carbonyl (C=O) groups excluding carboxylic acids is 2. The molecule has 10 heteroatoms. The Bertz CT molecular complexity index is 1540. The Morgan fingerprint density at radius 1 is 0.443 bits per heavy atom. The second-order valence-corrected chi connectivity index (χ2v) is 25.4. The molecule has 9 nitrogen and oxygen atoms in total. The van der Waals surface area contributed by atoms with Gasteiger partial charge in [-0.3, -0.25) is 18.6 Å². The monoisotopic (exact) mass is 1130 g/mol. The summed E-state index contributed by atoms with van der Waals surface area (Å²) in [6, 6.07) is -0.852. The topological polar surface area (TPSA) is 111 Å². The van der Waals surface area contributed by atoms with E-state index >= 15 is 0 Å². The zero-order chi connectivity index (χ0) is 57.9.